The maximum Gasteiger partial charge on any atom is 0.337 e. The zero-order valence-corrected chi connectivity index (χ0v) is 10.6. The maximum absolute atomic E-state index is 11.5. The van der Waals surface area contributed by atoms with Gasteiger partial charge in [0.15, 0.2) is 0 Å². The predicted octanol–water partition coefficient (Wildman–Crippen LogP) is 3.12. The second-order valence-corrected chi connectivity index (χ2v) is 4.36. The molecule has 0 fully saturated rings. The van der Waals surface area contributed by atoms with Gasteiger partial charge in [-0.05, 0) is 11.6 Å². The van der Waals surface area contributed by atoms with Gasteiger partial charge < -0.3 is 5.11 Å². The Balaban J connectivity index is 2.15. The highest BCUT2D eigenvalue weighted by Gasteiger charge is 2.11. The van der Waals surface area contributed by atoms with Gasteiger partial charge >= 0.3 is 5.97 Å². The molecule has 1 aromatic heterocycles. The quantitative estimate of drug-likeness (QED) is 0.739. The van der Waals surface area contributed by atoms with Gasteiger partial charge in [0, 0.05) is 11.6 Å². The number of carbonyl (C=O) groups is 1. The number of hydrogen-bond acceptors (Lipinski definition) is 2. The molecule has 3 rings (SSSR count). The van der Waals surface area contributed by atoms with Crippen molar-refractivity contribution in [1.82, 2.24) is 9.78 Å². The van der Waals surface area contributed by atoms with Gasteiger partial charge in [-0.15, -0.1) is 0 Å². The van der Waals surface area contributed by atoms with Gasteiger partial charge in [-0.1, -0.05) is 48.5 Å². The SMILES string of the molecule is O=C(O)C(=Cn1ncc2ccccc21)c1ccccc1. The summed E-state index contributed by atoms with van der Waals surface area (Å²) in [5, 5.41) is 14.6. The van der Waals surface area contributed by atoms with E-state index in [0.29, 0.717) is 5.56 Å². The highest BCUT2D eigenvalue weighted by Crippen LogP contribution is 2.19. The van der Waals surface area contributed by atoms with E-state index in [2.05, 4.69) is 5.10 Å². The molecule has 0 radical (unpaired) electrons. The smallest absolute Gasteiger partial charge is 0.337 e. The molecule has 0 saturated carbocycles. The molecule has 0 amide bonds. The first-order valence-corrected chi connectivity index (χ1v) is 6.18. The van der Waals surface area contributed by atoms with Crippen molar-refractivity contribution in [2.24, 2.45) is 0 Å². The van der Waals surface area contributed by atoms with Crippen LogP contribution in [0, 0.1) is 0 Å². The zero-order valence-electron chi connectivity index (χ0n) is 10.6. The van der Waals surface area contributed by atoms with Crippen LogP contribution < -0.4 is 0 Å². The van der Waals surface area contributed by atoms with Crippen molar-refractivity contribution < 1.29 is 9.90 Å². The van der Waals surface area contributed by atoms with Crippen LogP contribution >= 0.6 is 0 Å². The van der Waals surface area contributed by atoms with Crippen LogP contribution in [0.4, 0.5) is 0 Å². The lowest BCUT2D eigenvalue weighted by molar-refractivity contribution is -0.130. The van der Waals surface area contributed by atoms with Crippen LogP contribution in [-0.2, 0) is 4.79 Å². The fraction of sp³-hybridized carbons (Fsp3) is 0. The fourth-order valence-electron chi connectivity index (χ4n) is 2.09. The van der Waals surface area contributed by atoms with Crippen LogP contribution in [0.15, 0.2) is 60.8 Å². The number of aliphatic carboxylic acids is 1. The molecule has 2 aromatic carbocycles. The number of nitrogens with zero attached hydrogens (tertiary/aromatic N) is 2. The second-order valence-electron chi connectivity index (χ2n) is 4.36. The summed E-state index contributed by atoms with van der Waals surface area (Å²) in [5.74, 6) is -0.976. The monoisotopic (exact) mass is 264 g/mol. The first-order chi connectivity index (χ1) is 9.75. The highest BCUT2D eigenvalue weighted by atomic mass is 16.4. The molecule has 0 bridgehead atoms. The lowest BCUT2D eigenvalue weighted by Crippen LogP contribution is -2.02. The summed E-state index contributed by atoms with van der Waals surface area (Å²) in [6.45, 7) is 0. The van der Waals surface area contributed by atoms with Crippen LogP contribution in [0.3, 0.4) is 0 Å². The highest BCUT2D eigenvalue weighted by molar-refractivity contribution is 6.19. The van der Waals surface area contributed by atoms with Crippen molar-refractivity contribution in [3.8, 4) is 0 Å². The zero-order chi connectivity index (χ0) is 13.9. The molecule has 1 N–H and O–H groups in total. The van der Waals surface area contributed by atoms with Crippen molar-refractivity contribution in [3.05, 3.63) is 66.4 Å². The third kappa shape index (κ3) is 2.19. The molecule has 3 aromatic rings. The van der Waals surface area contributed by atoms with Crippen molar-refractivity contribution >= 4 is 28.6 Å². The van der Waals surface area contributed by atoms with E-state index in [1.807, 2.05) is 42.5 Å². The minimum absolute atomic E-state index is 0.208. The van der Waals surface area contributed by atoms with Gasteiger partial charge in [0.05, 0.1) is 17.3 Å². The number of aromatic nitrogens is 2. The Morgan fingerprint density at radius 3 is 2.50 bits per heavy atom. The average molecular weight is 264 g/mol. The van der Waals surface area contributed by atoms with Gasteiger partial charge in [0.1, 0.15) is 0 Å². The molecule has 0 aliphatic rings. The molecule has 4 heteroatoms. The van der Waals surface area contributed by atoms with Crippen LogP contribution in [0.5, 0.6) is 0 Å². The number of carboxylic acids is 1. The molecule has 98 valence electrons. The van der Waals surface area contributed by atoms with E-state index in [-0.39, 0.29) is 5.57 Å². The number of carboxylic acid groups (broad SMARTS) is 1. The Morgan fingerprint density at radius 1 is 1.05 bits per heavy atom. The summed E-state index contributed by atoms with van der Waals surface area (Å²) in [4.78, 5) is 11.5. The van der Waals surface area contributed by atoms with E-state index in [4.69, 9.17) is 0 Å². The van der Waals surface area contributed by atoms with E-state index in [1.54, 1.807) is 29.2 Å². The third-order valence-electron chi connectivity index (χ3n) is 3.07. The average Bonchev–Trinajstić information content (AvgIpc) is 2.88. The Bertz CT molecular complexity index is 788. The van der Waals surface area contributed by atoms with E-state index < -0.39 is 5.97 Å². The van der Waals surface area contributed by atoms with Gasteiger partial charge in [0.25, 0.3) is 0 Å². The molecule has 1 heterocycles. The number of benzene rings is 2. The Hall–Kier alpha value is -2.88. The Labute approximate surface area is 115 Å². The van der Waals surface area contributed by atoms with Crippen LogP contribution in [0.2, 0.25) is 0 Å². The minimum Gasteiger partial charge on any atom is -0.478 e. The number of para-hydroxylation sites is 1. The summed E-state index contributed by atoms with van der Waals surface area (Å²) < 4.78 is 1.59. The van der Waals surface area contributed by atoms with Crippen LogP contribution in [0.25, 0.3) is 22.7 Å². The van der Waals surface area contributed by atoms with Gasteiger partial charge in [-0.3, -0.25) is 0 Å². The molecule has 20 heavy (non-hydrogen) atoms. The lowest BCUT2D eigenvalue weighted by atomic mass is 10.1. The molecule has 0 saturated heterocycles. The van der Waals surface area contributed by atoms with E-state index in [0.717, 1.165) is 10.9 Å². The minimum atomic E-state index is -0.976. The van der Waals surface area contributed by atoms with Crippen LogP contribution in [0.1, 0.15) is 5.56 Å². The third-order valence-corrected chi connectivity index (χ3v) is 3.07. The fourth-order valence-corrected chi connectivity index (χ4v) is 2.09. The van der Waals surface area contributed by atoms with E-state index in [1.165, 1.54) is 0 Å². The Kier molecular flexibility index (Phi) is 3.05. The van der Waals surface area contributed by atoms with Gasteiger partial charge in [-0.2, -0.15) is 5.10 Å². The summed E-state index contributed by atoms with van der Waals surface area (Å²) in [7, 11) is 0. The largest absolute Gasteiger partial charge is 0.478 e. The molecule has 0 aliphatic heterocycles. The van der Waals surface area contributed by atoms with Crippen molar-refractivity contribution in [2.45, 2.75) is 0 Å². The molecule has 0 unspecified atom stereocenters. The molecule has 0 aliphatic carbocycles. The summed E-state index contributed by atoms with van der Waals surface area (Å²) in [5.41, 5.74) is 1.74. The standard InChI is InChI=1S/C16H12N2O2/c19-16(20)14(12-6-2-1-3-7-12)11-18-15-9-5-4-8-13(15)10-17-18/h1-11H,(H,19,20). The first kappa shape index (κ1) is 12.2. The summed E-state index contributed by atoms with van der Waals surface area (Å²) >= 11 is 0. The summed E-state index contributed by atoms with van der Waals surface area (Å²) in [6.07, 6.45) is 3.26. The summed E-state index contributed by atoms with van der Waals surface area (Å²) in [6, 6.07) is 16.7. The Morgan fingerprint density at radius 2 is 1.75 bits per heavy atom. The van der Waals surface area contributed by atoms with Crippen molar-refractivity contribution in [2.75, 3.05) is 0 Å². The topological polar surface area (TPSA) is 55.1 Å². The van der Waals surface area contributed by atoms with E-state index >= 15 is 0 Å². The molecular formula is C16H12N2O2. The van der Waals surface area contributed by atoms with Crippen LogP contribution in [-0.4, -0.2) is 20.9 Å². The number of hydrogen-bond donors (Lipinski definition) is 1. The normalized spacial score (nSPS) is 11.7. The number of rotatable bonds is 3. The predicted molar refractivity (Wildman–Crippen MR) is 78.0 cm³/mol. The molecule has 4 nitrogen and oxygen atoms in total. The second kappa shape index (κ2) is 5.01. The molecule has 0 spiro atoms. The maximum atomic E-state index is 11.5. The first-order valence-electron chi connectivity index (χ1n) is 6.18. The number of fused-ring (bicyclic) bond motifs is 1. The van der Waals surface area contributed by atoms with Gasteiger partial charge in [-0.25, -0.2) is 9.48 Å². The van der Waals surface area contributed by atoms with Gasteiger partial charge in [0.2, 0.25) is 0 Å². The molecular weight excluding hydrogens is 252 g/mol. The van der Waals surface area contributed by atoms with Crippen molar-refractivity contribution in [1.29, 1.82) is 0 Å². The lowest BCUT2D eigenvalue weighted by Gasteiger charge is -2.03. The van der Waals surface area contributed by atoms with Crippen molar-refractivity contribution in [3.63, 3.8) is 0 Å². The molecule has 0 atom stereocenters. The van der Waals surface area contributed by atoms with E-state index in [9.17, 15) is 9.90 Å².